The average Bonchev–Trinajstić information content (AvgIpc) is 3.24. The lowest BCUT2D eigenvalue weighted by Gasteiger charge is -2.42. The Kier molecular flexibility index (Phi) is 7.23. The molecule has 0 saturated carbocycles. The van der Waals surface area contributed by atoms with Crippen molar-refractivity contribution in [2.24, 2.45) is 18.9 Å². The van der Waals surface area contributed by atoms with Crippen molar-refractivity contribution in [3.63, 3.8) is 0 Å². The van der Waals surface area contributed by atoms with E-state index in [1.807, 2.05) is 17.0 Å². The van der Waals surface area contributed by atoms with Crippen molar-refractivity contribution in [3.05, 3.63) is 17.8 Å². The van der Waals surface area contributed by atoms with Gasteiger partial charge in [0.1, 0.15) is 5.82 Å². The predicted octanol–water partition coefficient (Wildman–Crippen LogP) is 3.21. The monoisotopic (exact) mass is 532 g/mol. The molecule has 3 fully saturated rings. The molecule has 0 aliphatic carbocycles. The fourth-order valence-corrected chi connectivity index (χ4v) is 6.02. The zero-order chi connectivity index (χ0) is 27.0. The van der Waals surface area contributed by atoms with Gasteiger partial charge in [-0.2, -0.15) is 5.10 Å². The Hall–Kier alpha value is -3.31. The smallest absolute Gasteiger partial charge is 0.409 e. The van der Waals surface area contributed by atoms with E-state index in [2.05, 4.69) is 10.4 Å². The summed E-state index contributed by atoms with van der Waals surface area (Å²) in [5.41, 5.74) is 1.21. The number of hydrogen-bond acceptors (Lipinski definition) is 7. The summed E-state index contributed by atoms with van der Waals surface area (Å²) in [6, 6.07) is 3.73. The van der Waals surface area contributed by atoms with E-state index in [0.29, 0.717) is 62.6 Å². The number of likely N-dealkylation sites (tertiary alicyclic amines) is 1. The van der Waals surface area contributed by atoms with Gasteiger partial charge in [0.05, 0.1) is 18.2 Å². The minimum absolute atomic E-state index is 0.268. The summed E-state index contributed by atoms with van der Waals surface area (Å²) >= 11 is 0. The number of rotatable bonds is 5. The highest BCUT2D eigenvalue weighted by atomic mass is 19.3. The van der Waals surface area contributed by atoms with Crippen LogP contribution >= 0.6 is 0 Å². The van der Waals surface area contributed by atoms with Crippen LogP contribution in [0, 0.1) is 11.8 Å². The Labute approximate surface area is 219 Å². The largest absolute Gasteiger partial charge is 0.450 e. The molecule has 0 spiro atoms. The van der Waals surface area contributed by atoms with Crippen molar-refractivity contribution in [1.82, 2.24) is 25.0 Å². The van der Waals surface area contributed by atoms with Crippen LogP contribution in [0.3, 0.4) is 0 Å². The van der Waals surface area contributed by atoms with Gasteiger partial charge in [-0.15, -0.1) is 0 Å². The van der Waals surface area contributed by atoms with E-state index >= 15 is 8.78 Å². The maximum Gasteiger partial charge on any atom is 0.409 e. The van der Waals surface area contributed by atoms with Crippen LogP contribution in [0.4, 0.5) is 19.4 Å². The van der Waals surface area contributed by atoms with Crippen molar-refractivity contribution >= 4 is 34.8 Å². The number of carbonyl (C=O) groups is 3. The second-order valence-corrected chi connectivity index (χ2v) is 10.4. The van der Waals surface area contributed by atoms with Gasteiger partial charge in [-0.1, -0.05) is 0 Å². The van der Waals surface area contributed by atoms with Gasteiger partial charge in [0.25, 0.3) is 5.92 Å². The zero-order valence-electron chi connectivity index (χ0n) is 21.8. The zero-order valence-corrected chi connectivity index (χ0v) is 21.8. The van der Waals surface area contributed by atoms with E-state index in [9.17, 15) is 14.4 Å². The van der Waals surface area contributed by atoms with E-state index in [1.54, 1.807) is 18.7 Å². The molecule has 1 atom stereocenters. The molecule has 1 unspecified atom stereocenters. The first-order chi connectivity index (χ1) is 18.2. The maximum atomic E-state index is 15.5. The number of amides is 3. The fourth-order valence-electron chi connectivity index (χ4n) is 6.02. The number of piperidine rings is 3. The van der Waals surface area contributed by atoms with Crippen LogP contribution in [0.15, 0.2) is 12.1 Å². The second kappa shape index (κ2) is 10.5. The number of halogens is 2. The summed E-state index contributed by atoms with van der Waals surface area (Å²) in [5.74, 6) is -4.67. The van der Waals surface area contributed by atoms with Gasteiger partial charge in [-0.25, -0.2) is 18.6 Å². The van der Waals surface area contributed by atoms with E-state index in [0.717, 1.165) is 5.39 Å². The molecule has 1 N–H and O–H groups in total. The normalized spacial score (nSPS) is 22.2. The van der Waals surface area contributed by atoms with E-state index in [4.69, 9.17) is 9.72 Å². The summed E-state index contributed by atoms with van der Waals surface area (Å²) < 4.78 is 37.6. The Morgan fingerprint density at radius 1 is 1.08 bits per heavy atom. The molecular weight excluding hydrogens is 498 g/mol. The highest BCUT2D eigenvalue weighted by Gasteiger charge is 2.48. The highest BCUT2D eigenvalue weighted by Crippen LogP contribution is 2.43. The van der Waals surface area contributed by atoms with Crippen molar-refractivity contribution in [1.29, 1.82) is 0 Å². The summed E-state index contributed by atoms with van der Waals surface area (Å²) in [5, 5.41) is 7.66. The van der Waals surface area contributed by atoms with Crippen LogP contribution in [0.25, 0.3) is 11.0 Å². The van der Waals surface area contributed by atoms with E-state index < -0.39 is 29.8 Å². The number of pyridine rings is 1. The van der Waals surface area contributed by atoms with Gasteiger partial charge in [0.2, 0.25) is 11.8 Å². The lowest BCUT2D eigenvalue weighted by atomic mass is 9.79. The molecule has 38 heavy (non-hydrogen) atoms. The van der Waals surface area contributed by atoms with Crippen molar-refractivity contribution < 1.29 is 27.9 Å². The first-order valence-corrected chi connectivity index (χ1v) is 13.4. The molecule has 2 aromatic rings. The molecule has 10 nitrogen and oxygen atoms in total. The minimum atomic E-state index is -2.79. The number of anilines is 1. The number of carbonyl (C=O) groups excluding carboxylic acids is 3. The van der Waals surface area contributed by atoms with Gasteiger partial charge in [-0.05, 0) is 51.2 Å². The third-order valence-corrected chi connectivity index (χ3v) is 8.20. The number of ether oxygens (including phenoxy) is 1. The van der Waals surface area contributed by atoms with Crippen LogP contribution in [0.1, 0.15) is 57.1 Å². The Morgan fingerprint density at radius 3 is 2.37 bits per heavy atom. The predicted molar refractivity (Wildman–Crippen MR) is 135 cm³/mol. The molecular formula is C26H34F2N6O4. The average molecular weight is 533 g/mol. The molecule has 3 aliphatic heterocycles. The lowest BCUT2D eigenvalue weighted by Crippen LogP contribution is -2.49. The Morgan fingerprint density at radius 2 is 1.74 bits per heavy atom. The van der Waals surface area contributed by atoms with Crippen molar-refractivity contribution in [3.8, 4) is 0 Å². The fraction of sp³-hybridized carbons (Fsp3) is 0.654. The molecule has 0 aromatic carbocycles. The van der Waals surface area contributed by atoms with Crippen LogP contribution in [-0.4, -0.2) is 76.3 Å². The Balaban J connectivity index is 1.22. The quantitative estimate of drug-likeness (QED) is 0.589. The molecule has 3 saturated heterocycles. The SMILES string of the molecule is CCOC(=O)N1CCC(C(F)(F)C2CCN(c3ccc4c(C5CCC(=O)NC5=O)nn(C)c4n3)CC2)CC1. The number of nitrogens with one attached hydrogen (secondary N) is 1. The highest BCUT2D eigenvalue weighted by molar-refractivity contribution is 6.02. The van der Waals surface area contributed by atoms with E-state index in [-0.39, 0.29) is 37.7 Å². The van der Waals surface area contributed by atoms with Gasteiger partial charge >= 0.3 is 6.09 Å². The number of imide groups is 1. The van der Waals surface area contributed by atoms with Crippen LogP contribution in [-0.2, 0) is 21.4 Å². The topological polar surface area (TPSA) is 110 Å². The first kappa shape index (κ1) is 26.3. The van der Waals surface area contributed by atoms with E-state index in [1.165, 1.54) is 4.90 Å². The van der Waals surface area contributed by atoms with Crippen LogP contribution in [0.5, 0.6) is 0 Å². The van der Waals surface area contributed by atoms with Crippen molar-refractivity contribution in [2.75, 3.05) is 37.7 Å². The number of fused-ring (bicyclic) bond motifs is 1. The molecule has 206 valence electrons. The van der Waals surface area contributed by atoms with Gasteiger partial charge in [0.15, 0.2) is 5.65 Å². The molecule has 0 radical (unpaired) electrons. The molecule has 5 heterocycles. The molecule has 3 aliphatic rings. The Bertz CT molecular complexity index is 1220. The summed E-state index contributed by atoms with van der Waals surface area (Å²) in [6.07, 6.45) is 1.52. The summed E-state index contributed by atoms with van der Waals surface area (Å²) in [6.45, 7) is 3.54. The molecule has 0 bridgehead atoms. The minimum Gasteiger partial charge on any atom is -0.450 e. The third kappa shape index (κ3) is 4.92. The third-order valence-electron chi connectivity index (χ3n) is 8.20. The number of nitrogens with zero attached hydrogens (tertiary/aromatic N) is 5. The second-order valence-electron chi connectivity index (χ2n) is 10.4. The van der Waals surface area contributed by atoms with Gasteiger partial charge in [0, 0.05) is 56.9 Å². The standard InChI is InChI=1S/C26H34F2N6O4/c1-3-38-25(37)34-14-10-17(11-15-34)26(27,28)16-8-12-33(13-9-16)20-6-4-18-22(31-32(2)23(18)29-20)19-5-7-21(35)30-24(19)36/h4,6,16-17,19H,3,5,7-15H2,1-2H3,(H,30,35,36). The molecule has 3 amide bonds. The van der Waals surface area contributed by atoms with Crippen molar-refractivity contribution in [2.45, 2.75) is 57.3 Å². The number of aryl methyl sites for hydroxylation is 1. The van der Waals surface area contributed by atoms with Crippen LogP contribution < -0.4 is 10.2 Å². The maximum absolute atomic E-state index is 15.5. The number of alkyl halides is 2. The number of aromatic nitrogens is 3. The molecule has 12 heteroatoms. The first-order valence-electron chi connectivity index (χ1n) is 13.4. The van der Waals surface area contributed by atoms with Gasteiger partial charge < -0.3 is 14.5 Å². The number of hydrogen-bond donors (Lipinski definition) is 1. The summed E-state index contributed by atoms with van der Waals surface area (Å²) in [4.78, 5) is 44.1. The molecule has 2 aromatic heterocycles. The summed E-state index contributed by atoms with van der Waals surface area (Å²) in [7, 11) is 1.76. The lowest BCUT2D eigenvalue weighted by molar-refractivity contribution is -0.134. The van der Waals surface area contributed by atoms with Gasteiger partial charge in [-0.3, -0.25) is 19.6 Å². The van der Waals surface area contributed by atoms with Crippen LogP contribution in [0.2, 0.25) is 0 Å². The molecule has 5 rings (SSSR count).